The zero-order valence-corrected chi connectivity index (χ0v) is 10.2. The monoisotopic (exact) mass is 228 g/mol. The third-order valence-corrected chi connectivity index (χ3v) is 2.93. The lowest BCUT2D eigenvalue weighted by molar-refractivity contribution is -0.150. The van der Waals surface area contributed by atoms with E-state index in [0.717, 1.165) is 12.8 Å². The van der Waals surface area contributed by atoms with Gasteiger partial charge in [-0.05, 0) is 18.8 Å². The second-order valence-corrected chi connectivity index (χ2v) is 4.55. The molecule has 1 aliphatic heterocycles. The number of ether oxygens (including phenoxy) is 2. The number of Topliss-reactive ketones (excluding diaryl/α,β-unsaturated/α-hetero) is 1. The van der Waals surface area contributed by atoms with Gasteiger partial charge in [0.15, 0.2) is 5.78 Å². The first-order chi connectivity index (χ1) is 7.54. The highest BCUT2D eigenvalue weighted by atomic mass is 16.5. The lowest BCUT2D eigenvalue weighted by Crippen LogP contribution is -2.31. The Balaban J connectivity index is 2.63. The van der Waals surface area contributed by atoms with Gasteiger partial charge in [0.05, 0.1) is 19.6 Å². The third kappa shape index (κ3) is 3.59. The Morgan fingerprint density at radius 2 is 2.25 bits per heavy atom. The standard InChI is InChI=1S/C12H20O4/c1-8(2)10-6-4-5-9(13)11(16-10)7-12(14)15-3/h8,10-11H,4-7H2,1-3H3/t10-,11-/m0/s1. The van der Waals surface area contributed by atoms with Crippen LogP contribution in [-0.4, -0.2) is 31.1 Å². The molecule has 1 fully saturated rings. The summed E-state index contributed by atoms with van der Waals surface area (Å²) >= 11 is 0. The molecule has 2 atom stereocenters. The van der Waals surface area contributed by atoms with Gasteiger partial charge in [-0.25, -0.2) is 0 Å². The minimum Gasteiger partial charge on any atom is -0.469 e. The van der Waals surface area contributed by atoms with Crippen molar-refractivity contribution >= 4 is 11.8 Å². The van der Waals surface area contributed by atoms with E-state index < -0.39 is 6.10 Å². The molecular formula is C12H20O4. The zero-order chi connectivity index (χ0) is 12.1. The van der Waals surface area contributed by atoms with E-state index in [0.29, 0.717) is 12.3 Å². The van der Waals surface area contributed by atoms with Crippen LogP contribution in [0.1, 0.15) is 39.5 Å². The van der Waals surface area contributed by atoms with Gasteiger partial charge in [-0.3, -0.25) is 9.59 Å². The quantitative estimate of drug-likeness (QED) is 0.690. The van der Waals surface area contributed by atoms with E-state index in [4.69, 9.17) is 4.74 Å². The fourth-order valence-electron chi connectivity index (χ4n) is 1.88. The molecule has 4 heteroatoms. The Morgan fingerprint density at radius 1 is 1.56 bits per heavy atom. The highest BCUT2D eigenvalue weighted by Crippen LogP contribution is 2.23. The molecule has 16 heavy (non-hydrogen) atoms. The van der Waals surface area contributed by atoms with Gasteiger partial charge in [0, 0.05) is 6.42 Å². The van der Waals surface area contributed by atoms with E-state index in [9.17, 15) is 9.59 Å². The molecule has 1 heterocycles. The Labute approximate surface area is 96.3 Å². The Hall–Kier alpha value is -0.900. The molecule has 4 nitrogen and oxygen atoms in total. The van der Waals surface area contributed by atoms with Crippen molar-refractivity contribution in [2.45, 2.75) is 51.7 Å². The van der Waals surface area contributed by atoms with E-state index in [1.54, 1.807) is 0 Å². The van der Waals surface area contributed by atoms with Crippen molar-refractivity contribution in [2.75, 3.05) is 7.11 Å². The Kier molecular flexibility index (Phi) is 4.93. The molecule has 1 aliphatic rings. The number of rotatable bonds is 3. The lowest BCUT2D eigenvalue weighted by Gasteiger charge is -2.23. The molecule has 0 N–H and O–H groups in total. The van der Waals surface area contributed by atoms with Crippen LogP contribution in [0, 0.1) is 5.92 Å². The summed E-state index contributed by atoms with van der Waals surface area (Å²) in [6.45, 7) is 4.13. The molecule has 0 aliphatic carbocycles. The van der Waals surface area contributed by atoms with Crippen LogP contribution >= 0.6 is 0 Å². The summed E-state index contributed by atoms with van der Waals surface area (Å²) in [6, 6.07) is 0. The minimum absolute atomic E-state index is 0.0218. The van der Waals surface area contributed by atoms with Crippen molar-refractivity contribution in [3.05, 3.63) is 0 Å². The second-order valence-electron chi connectivity index (χ2n) is 4.55. The minimum atomic E-state index is -0.609. The molecular weight excluding hydrogens is 208 g/mol. The number of hydrogen-bond donors (Lipinski definition) is 0. The van der Waals surface area contributed by atoms with E-state index in [2.05, 4.69) is 18.6 Å². The fourth-order valence-corrected chi connectivity index (χ4v) is 1.88. The molecule has 92 valence electrons. The van der Waals surface area contributed by atoms with Crippen molar-refractivity contribution in [1.82, 2.24) is 0 Å². The van der Waals surface area contributed by atoms with Gasteiger partial charge in [-0.2, -0.15) is 0 Å². The van der Waals surface area contributed by atoms with Crippen LogP contribution in [0.15, 0.2) is 0 Å². The molecule has 0 amide bonds. The van der Waals surface area contributed by atoms with Crippen LogP contribution in [0.3, 0.4) is 0 Å². The summed E-state index contributed by atoms with van der Waals surface area (Å²) < 4.78 is 10.3. The summed E-state index contributed by atoms with van der Waals surface area (Å²) in [6.07, 6.45) is 1.74. The van der Waals surface area contributed by atoms with Crippen molar-refractivity contribution in [1.29, 1.82) is 0 Å². The largest absolute Gasteiger partial charge is 0.469 e. The summed E-state index contributed by atoms with van der Waals surface area (Å²) in [7, 11) is 1.32. The average Bonchev–Trinajstić information content (AvgIpc) is 2.41. The van der Waals surface area contributed by atoms with Gasteiger partial charge < -0.3 is 9.47 Å². The van der Waals surface area contributed by atoms with E-state index >= 15 is 0 Å². The number of ketones is 1. The summed E-state index contributed by atoms with van der Waals surface area (Å²) in [5.74, 6) is 0.00218. The molecule has 0 aromatic carbocycles. The number of methoxy groups -OCH3 is 1. The summed E-state index contributed by atoms with van der Waals surface area (Å²) in [5.41, 5.74) is 0. The fraction of sp³-hybridized carbons (Fsp3) is 0.833. The normalized spacial score (nSPS) is 26.6. The highest BCUT2D eigenvalue weighted by Gasteiger charge is 2.30. The van der Waals surface area contributed by atoms with Crippen LogP contribution in [0.5, 0.6) is 0 Å². The first-order valence-corrected chi connectivity index (χ1v) is 5.79. The first kappa shape index (κ1) is 13.2. The maximum Gasteiger partial charge on any atom is 0.308 e. The number of carbonyl (C=O) groups excluding carboxylic acids is 2. The average molecular weight is 228 g/mol. The lowest BCUT2D eigenvalue weighted by atomic mass is 10.0. The van der Waals surface area contributed by atoms with E-state index in [-0.39, 0.29) is 24.3 Å². The van der Waals surface area contributed by atoms with Gasteiger partial charge in [-0.1, -0.05) is 13.8 Å². The zero-order valence-electron chi connectivity index (χ0n) is 10.2. The third-order valence-electron chi connectivity index (χ3n) is 2.93. The van der Waals surface area contributed by atoms with Gasteiger partial charge in [0.2, 0.25) is 0 Å². The summed E-state index contributed by atoms with van der Waals surface area (Å²) in [4.78, 5) is 22.9. The molecule has 0 spiro atoms. The van der Waals surface area contributed by atoms with Gasteiger partial charge in [0.1, 0.15) is 6.10 Å². The molecule has 0 unspecified atom stereocenters. The van der Waals surface area contributed by atoms with Crippen molar-refractivity contribution in [2.24, 2.45) is 5.92 Å². The number of hydrogen-bond acceptors (Lipinski definition) is 4. The molecule has 0 bridgehead atoms. The Bertz CT molecular complexity index is 260. The van der Waals surface area contributed by atoms with Crippen LogP contribution in [-0.2, 0) is 19.1 Å². The Morgan fingerprint density at radius 3 is 2.81 bits per heavy atom. The van der Waals surface area contributed by atoms with Crippen molar-refractivity contribution in [3.63, 3.8) is 0 Å². The number of esters is 1. The van der Waals surface area contributed by atoms with E-state index in [1.807, 2.05) is 0 Å². The van der Waals surface area contributed by atoms with Crippen LogP contribution in [0.25, 0.3) is 0 Å². The summed E-state index contributed by atoms with van der Waals surface area (Å²) in [5, 5.41) is 0. The molecule has 0 aromatic heterocycles. The van der Waals surface area contributed by atoms with Crippen molar-refractivity contribution < 1.29 is 19.1 Å². The number of carbonyl (C=O) groups is 2. The first-order valence-electron chi connectivity index (χ1n) is 5.79. The van der Waals surface area contributed by atoms with Crippen LogP contribution in [0.4, 0.5) is 0 Å². The molecule has 0 saturated carbocycles. The van der Waals surface area contributed by atoms with Crippen LogP contribution < -0.4 is 0 Å². The highest BCUT2D eigenvalue weighted by molar-refractivity contribution is 5.87. The smallest absolute Gasteiger partial charge is 0.308 e. The SMILES string of the molecule is COC(=O)C[C@@H]1O[C@H](C(C)C)CCCC1=O. The van der Waals surface area contributed by atoms with Gasteiger partial charge >= 0.3 is 5.97 Å². The predicted octanol–water partition coefficient (Wildman–Crippen LogP) is 1.71. The van der Waals surface area contributed by atoms with Gasteiger partial charge in [0.25, 0.3) is 0 Å². The topological polar surface area (TPSA) is 52.6 Å². The van der Waals surface area contributed by atoms with Crippen LogP contribution in [0.2, 0.25) is 0 Å². The molecule has 0 radical (unpaired) electrons. The van der Waals surface area contributed by atoms with Gasteiger partial charge in [-0.15, -0.1) is 0 Å². The van der Waals surface area contributed by atoms with E-state index in [1.165, 1.54) is 7.11 Å². The maximum absolute atomic E-state index is 11.7. The van der Waals surface area contributed by atoms with Crippen molar-refractivity contribution in [3.8, 4) is 0 Å². The second kappa shape index (κ2) is 5.99. The molecule has 1 saturated heterocycles. The predicted molar refractivity (Wildman–Crippen MR) is 59.0 cm³/mol. The molecule has 0 aromatic rings. The molecule has 1 rings (SSSR count). The maximum atomic E-state index is 11.7.